The summed E-state index contributed by atoms with van der Waals surface area (Å²) in [6, 6.07) is 10.9. The molecule has 0 radical (unpaired) electrons. The number of nitriles is 1. The molecule has 1 N–H and O–H groups in total. The normalized spacial score (nSPS) is 10.9. The first-order chi connectivity index (χ1) is 10.5. The van der Waals surface area contributed by atoms with Gasteiger partial charge in [0.15, 0.2) is 0 Å². The molecule has 0 aliphatic rings. The Hall–Kier alpha value is -2.71. The van der Waals surface area contributed by atoms with Crippen molar-refractivity contribution in [2.45, 2.75) is 0 Å². The molecule has 0 heterocycles. The first-order valence-corrected chi connectivity index (χ1v) is 6.52. The molecular weight excluding hydrogens is 310 g/mol. The highest BCUT2D eigenvalue weighted by Crippen LogP contribution is 2.21. The van der Waals surface area contributed by atoms with E-state index in [9.17, 15) is 13.6 Å². The van der Waals surface area contributed by atoms with Gasteiger partial charge >= 0.3 is 0 Å². The Morgan fingerprint density at radius 2 is 1.95 bits per heavy atom. The summed E-state index contributed by atoms with van der Waals surface area (Å²) >= 11 is 5.90. The van der Waals surface area contributed by atoms with Crippen molar-refractivity contribution in [3.8, 4) is 6.07 Å². The van der Waals surface area contributed by atoms with Gasteiger partial charge in [0.25, 0.3) is 5.91 Å². The number of carbonyl (C=O) groups is 1. The Labute approximate surface area is 130 Å². The summed E-state index contributed by atoms with van der Waals surface area (Å²) in [6.07, 6.45) is 0.977. The van der Waals surface area contributed by atoms with Gasteiger partial charge in [0.2, 0.25) is 0 Å². The van der Waals surface area contributed by atoms with E-state index in [2.05, 4.69) is 5.32 Å². The lowest BCUT2D eigenvalue weighted by Crippen LogP contribution is -2.13. The molecule has 0 atom stereocenters. The van der Waals surface area contributed by atoms with Gasteiger partial charge in [-0.1, -0.05) is 23.7 Å². The van der Waals surface area contributed by atoms with Crippen LogP contribution in [-0.4, -0.2) is 5.91 Å². The van der Waals surface area contributed by atoms with Crippen LogP contribution < -0.4 is 5.32 Å². The number of hydrogen-bond acceptors (Lipinski definition) is 2. The average Bonchev–Trinajstić information content (AvgIpc) is 2.50. The zero-order valence-corrected chi connectivity index (χ0v) is 11.9. The fourth-order valence-corrected chi connectivity index (χ4v) is 1.86. The van der Waals surface area contributed by atoms with Crippen LogP contribution in [-0.2, 0) is 4.79 Å². The van der Waals surface area contributed by atoms with Crippen LogP contribution in [0, 0.1) is 23.0 Å². The molecule has 3 nitrogen and oxygen atoms in total. The van der Waals surface area contributed by atoms with E-state index in [4.69, 9.17) is 16.9 Å². The third kappa shape index (κ3) is 3.68. The smallest absolute Gasteiger partial charge is 0.266 e. The van der Waals surface area contributed by atoms with E-state index in [1.54, 1.807) is 30.3 Å². The molecule has 0 bridgehead atoms. The molecule has 0 aliphatic carbocycles. The van der Waals surface area contributed by atoms with Crippen molar-refractivity contribution < 1.29 is 13.6 Å². The number of halogens is 3. The summed E-state index contributed by atoms with van der Waals surface area (Å²) in [7, 11) is 0. The molecule has 110 valence electrons. The Balaban J connectivity index is 2.30. The Kier molecular flexibility index (Phi) is 4.87. The van der Waals surface area contributed by atoms with Crippen LogP contribution in [0.15, 0.2) is 48.0 Å². The fourth-order valence-electron chi connectivity index (χ4n) is 1.68. The summed E-state index contributed by atoms with van der Waals surface area (Å²) in [5.41, 5.74) is -0.245. The van der Waals surface area contributed by atoms with E-state index in [0.717, 1.165) is 24.3 Å². The van der Waals surface area contributed by atoms with Crippen molar-refractivity contribution in [1.29, 1.82) is 5.26 Å². The van der Waals surface area contributed by atoms with E-state index < -0.39 is 17.5 Å². The topological polar surface area (TPSA) is 52.9 Å². The van der Waals surface area contributed by atoms with Crippen LogP contribution in [0.4, 0.5) is 14.5 Å². The Bertz CT molecular complexity index is 797. The molecule has 2 rings (SSSR count). The number of para-hydroxylation sites is 1. The monoisotopic (exact) mass is 318 g/mol. The molecule has 2 aromatic carbocycles. The van der Waals surface area contributed by atoms with Gasteiger partial charge in [-0.2, -0.15) is 5.26 Å². The predicted octanol–water partition coefficient (Wildman–Crippen LogP) is 4.16. The third-order valence-corrected chi connectivity index (χ3v) is 3.07. The summed E-state index contributed by atoms with van der Waals surface area (Å²) in [6.45, 7) is 0. The Morgan fingerprint density at radius 3 is 2.64 bits per heavy atom. The fraction of sp³-hybridized carbons (Fsp3) is 0. The lowest BCUT2D eigenvalue weighted by Gasteiger charge is -2.06. The summed E-state index contributed by atoms with van der Waals surface area (Å²) < 4.78 is 26.7. The zero-order chi connectivity index (χ0) is 16.1. The van der Waals surface area contributed by atoms with Crippen LogP contribution >= 0.6 is 11.6 Å². The van der Waals surface area contributed by atoms with Gasteiger partial charge < -0.3 is 5.32 Å². The molecule has 0 aliphatic heterocycles. The molecule has 1 amide bonds. The van der Waals surface area contributed by atoms with Gasteiger partial charge in [0.05, 0.1) is 10.7 Å². The van der Waals surface area contributed by atoms with Gasteiger partial charge in [-0.3, -0.25) is 4.79 Å². The number of hydrogen-bond donors (Lipinski definition) is 1. The maximum atomic E-state index is 13.5. The minimum absolute atomic E-state index is 0.189. The molecule has 0 fully saturated rings. The van der Waals surface area contributed by atoms with Gasteiger partial charge in [-0.15, -0.1) is 0 Å². The minimum atomic E-state index is -0.765. The van der Waals surface area contributed by atoms with Crippen LogP contribution in [0.1, 0.15) is 5.56 Å². The Morgan fingerprint density at radius 1 is 1.23 bits per heavy atom. The maximum absolute atomic E-state index is 13.5. The molecule has 0 saturated carbocycles. The number of amides is 1. The van der Waals surface area contributed by atoms with Crippen LogP contribution in [0.5, 0.6) is 0 Å². The highest BCUT2D eigenvalue weighted by atomic mass is 35.5. The molecule has 6 heteroatoms. The van der Waals surface area contributed by atoms with E-state index in [1.165, 1.54) is 0 Å². The number of nitrogens with zero attached hydrogens (tertiary/aromatic N) is 1. The largest absolute Gasteiger partial charge is 0.320 e. The van der Waals surface area contributed by atoms with E-state index >= 15 is 0 Å². The quantitative estimate of drug-likeness (QED) is 0.682. The molecule has 22 heavy (non-hydrogen) atoms. The standard InChI is InChI=1S/C16H9ClF2N2O/c17-13-3-1-2-4-15(13)21-16(22)11(9-20)7-10-8-12(18)5-6-14(10)19/h1-8H,(H,21,22)/b11-7+. The van der Waals surface area contributed by atoms with Gasteiger partial charge in [-0.05, 0) is 36.4 Å². The van der Waals surface area contributed by atoms with Gasteiger partial charge in [0, 0.05) is 5.56 Å². The first-order valence-electron chi connectivity index (χ1n) is 6.14. The van der Waals surface area contributed by atoms with E-state index in [1.807, 2.05) is 0 Å². The van der Waals surface area contributed by atoms with Crippen LogP contribution in [0.25, 0.3) is 6.08 Å². The molecule has 2 aromatic rings. The maximum Gasteiger partial charge on any atom is 0.266 e. The SMILES string of the molecule is N#C/C(=C\c1cc(F)ccc1F)C(=O)Nc1ccccc1Cl. The van der Waals surface area contributed by atoms with Crippen molar-refractivity contribution in [2.75, 3.05) is 5.32 Å². The number of benzene rings is 2. The third-order valence-electron chi connectivity index (χ3n) is 2.75. The van der Waals surface area contributed by atoms with Crippen molar-refractivity contribution >= 4 is 29.3 Å². The van der Waals surface area contributed by atoms with Crippen LogP contribution in [0.2, 0.25) is 5.02 Å². The van der Waals surface area contributed by atoms with Gasteiger partial charge in [-0.25, -0.2) is 8.78 Å². The summed E-state index contributed by atoms with van der Waals surface area (Å²) in [5.74, 6) is -2.17. The lowest BCUT2D eigenvalue weighted by atomic mass is 10.1. The number of carbonyl (C=O) groups excluding carboxylic acids is 1. The van der Waals surface area contributed by atoms with Crippen molar-refractivity contribution in [3.05, 3.63) is 70.3 Å². The van der Waals surface area contributed by atoms with E-state index in [-0.39, 0.29) is 11.1 Å². The average molecular weight is 319 g/mol. The predicted molar refractivity (Wildman–Crippen MR) is 80.0 cm³/mol. The van der Waals surface area contributed by atoms with Gasteiger partial charge in [0.1, 0.15) is 23.3 Å². The van der Waals surface area contributed by atoms with E-state index in [0.29, 0.717) is 10.7 Å². The molecule has 0 spiro atoms. The lowest BCUT2D eigenvalue weighted by molar-refractivity contribution is -0.112. The van der Waals surface area contributed by atoms with Crippen molar-refractivity contribution in [3.63, 3.8) is 0 Å². The zero-order valence-electron chi connectivity index (χ0n) is 11.1. The summed E-state index contributed by atoms with van der Waals surface area (Å²) in [4.78, 5) is 12.0. The second kappa shape index (κ2) is 6.83. The highest BCUT2D eigenvalue weighted by molar-refractivity contribution is 6.34. The van der Waals surface area contributed by atoms with Crippen molar-refractivity contribution in [1.82, 2.24) is 0 Å². The molecule has 0 unspecified atom stereocenters. The first kappa shape index (κ1) is 15.7. The molecule has 0 aromatic heterocycles. The number of anilines is 1. The highest BCUT2D eigenvalue weighted by Gasteiger charge is 2.12. The second-order valence-electron chi connectivity index (χ2n) is 4.27. The van der Waals surface area contributed by atoms with Crippen molar-refractivity contribution in [2.24, 2.45) is 0 Å². The van der Waals surface area contributed by atoms with Crippen LogP contribution in [0.3, 0.4) is 0 Å². The number of nitrogens with one attached hydrogen (secondary N) is 1. The summed E-state index contributed by atoms with van der Waals surface area (Å²) in [5, 5.41) is 11.8. The minimum Gasteiger partial charge on any atom is -0.320 e. The molecule has 0 saturated heterocycles. The second-order valence-corrected chi connectivity index (χ2v) is 4.68. The molecular formula is C16H9ClF2N2O. The number of rotatable bonds is 3.